The van der Waals surface area contributed by atoms with Gasteiger partial charge < -0.3 is 9.47 Å². The third-order valence-corrected chi connectivity index (χ3v) is 14.3. The minimum atomic E-state index is 1.07. The standard InChI is InChI=1S/C72H50N2/c1-6-20-51(21-7-1)58-44-59(52-22-8-2-9-23-52)47-62(46-58)55-36-40-65(41-37-55)73(66-42-38-56(39-43-66)63-48-60(53-24-10-3-11-25-53)45-61(49-63)54-26-12-4-13-27-54)67-31-18-28-57(50-67)68-33-19-35-71-72(68)69-32-16-17-34-70(69)74(71)64-29-14-5-15-30-64/h1-50H. The molecule has 0 saturated heterocycles. The van der Waals surface area contributed by atoms with Gasteiger partial charge in [-0.2, -0.15) is 0 Å². The third kappa shape index (κ3) is 8.55. The van der Waals surface area contributed by atoms with Crippen molar-refractivity contribution >= 4 is 38.9 Å². The summed E-state index contributed by atoms with van der Waals surface area (Å²) in [6.45, 7) is 0. The van der Waals surface area contributed by atoms with Gasteiger partial charge in [-0.25, -0.2) is 0 Å². The predicted octanol–water partition coefficient (Wildman–Crippen LogP) is 19.9. The molecule has 13 rings (SSSR count). The number of hydrogen-bond donors (Lipinski definition) is 0. The van der Waals surface area contributed by atoms with E-state index in [1.165, 1.54) is 83.0 Å². The Bertz CT molecular complexity index is 3780. The number of benzene rings is 12. The van der Waals surface area contributed by atoms with Gasteiger partial charge in [0.2, 0.25) is 0 Å². The number of fused-ring (bicyclic) bond motifs is 3. The Morgan fingerprint density at radius 2 is 0.568 bits per heavy atom. The summed E-state index contributed by atoms with van der Waals surface area (Å²) < 4.78 is 2.39. The van der Waals surface area contributed by atoms with Crippen LogP contribution in [-0.2, 0) is 0 Å². The smallest absolute Gasteiger partial charge is 0.0547 e. The Morgan fingerprint density at radius 3 is 1.01 bits per heavy atom. The molecule has 2 heteroatoms. The molecule has 12 aromatic carbocycles. The van der Waals surface area contributed by atoms with Crippen molar-refractivity contribution in [2.24, 2.45) is 0 Å². The SMILES string of the molecule is c1ccc(-c2cc(-c3ccccc3)cc(-c3ccc(N(c4ccc(-c5cc(-c6ccccc6)cc(-c6ccccc6)c5)cc4)c4cccc(-c5cccc6c5c5ccccc5n6-c5ccccc5)c4)cc3)c2)cc1. The second-order valence-corrected chi connectivity index (χ2v) is 18.9. The largest absolute Gasteiger partial charge is 0.310 e. The van der Waals surface area contributed by atoms with Gasteiger partial charge in [0.1, 0.15) is 0 Å². The molecule has 0 atom stereocenters. The van der Waals surface area contributed by atoms with Gasteiger partial charge in [-0.15, -0.1) is 0 Å². The fraction of sp³-hybridized carbons (Fsp3) is 0. The molecule has 0 aliphatic heterocycles. The van der Waals surface area contributed by atoms with Crippen LogP contribution >= 0.6 is 0 Å². The molecule has 0 saturated carbocycles. The first-order valence-electron chi connectivity index (χ1n) is 25.4. The zero-order chi connectivity index (χ0) is 49.2. The van der Waals surface area contributed by atoms with Crippen LogP contribution in [0.25, 0.3) is 105 Å². The van der Waals surface area contributed by atoms with E-state index in [1.807, 2.05) is 0 Å². The second kappa shape index (κ2) is 19.4. The van der Waals surface area contributed by atoms with Gasteiger partial charge in [-0.1, -0.05) is 206 Å². The van der Waals surface area contributed by atoms with Crippen molar-refractivity contribution < 1.29 is 0 Å². The van der Waals surface area contributed by atoms with Gasteiger partial charge in [0.15, 0.2) is 0 Å². The lowest BCUT2D eigenvalue weighted by Crippen LogP contribution is -2.10. The zero-order valence-corrected chi connectivity index (χ0v) is 40.8. The molecular weight excluding hydrogens is 893 g/mol. The second-order valence-electron chi connectivity index (χ2n) is 18.9. The molecule has 348 valence electrons. The minimum Gasteiger partial charge on any atom is -0.310 e. The summed E-state index contributed by atoms with van der Waals surface area (Å²) in [5.74, 6) is 0. The topological polar surface area (TPSA) is 8.17 Å². The lowest BCUT2D eigenvalue weighted by atomic mass is 9.93. The zero-order valence-electron chi connectivity index (χ0n) is 40.8. The van der Waals surface area contributed by atoms with Crippen LogP contribution in [0.4, 0.5) is 17.1 Å². The van der Waals surface area contributed by atoms with E-state index in [4.69, 9.17) is 0 Å². The van der Waals surface area contributed by atoms with Crippen LogP contribution in [0.1, 0.15) is 0 Å². The number of anilines is 3. The molecule has 0 radical (unpaired) electrons. The summed E-state index contributed by atoms with van der Waals surface area (Å²) in [6.07, 6.45) is 0. The monoisotopic (exact) mass is 942 g/mol. The first-order chi connectivity index (χ1) is 36.7. The fourth-order valence-corrected chi connectivity index (χ4v) is 10.8. The molecule has 0 unspecified atom stereocenters. The molecular formula is C72H50N2. The molecule has 0 fully saturated rings. The van der Waals surface area contributed by atoms with Crippen LogP contribution in [0.2, 0.25) is 0 Å². The lowest BCUT2D eigenvalue weighted by Gasteiger charge is -2.26. The quantitative estimate of drug-likeness (QED) is 0.125. The van der Waals surface area contributed by atoms with Crippen molar-refractivity contribution in [2.75, 3.05) is 4.90 Å². The fourth-order valence-electron chi connectivity index (χ4n) is 10.8. The molecule has 0 bridgehead atoms. The van der Waals surface area contributed by atoms with E-state index >= 15 is 0 Å². The lowest BCUT2D eigenvalue weighted by molar-refractivity contribution is 1.18. The Morgan fingerprint density at radius 1 is 0.216 bits per heavy atom. The molecule has 0 aliphatic rings. The van der Waals surface area contributed by atoms with Crippen molar-refractivity contribution in [2.45, 2.75) is 0 Å². The minimum absolute atomic E-state index is 1.07. The molecule has 13 aromatic rings. The summed E-state index contributed by atoms with van der Waals surface area (Å²) in [5, 5.41) is 2.47. The molecule has 2 nitrogen and oxygen atoms in total. The van der Waals surface area contributed by atoms with Crippen molar-refractivity contribution in [1.82, 2.24) is 4.57 Å². The summed E-state index contributed by atoms with van der Waals surface area (Å²) in [4.78, 5) is 2.40. The van der Waals surface area contributed by atoms with E-state index in [-0.39, 0.29) is 0 Å². The maximum atomic E-state index is 2.40. The van der Waals surface area contributed by atoms with E-state index in [2.05, 4.69) is 313 Å². The van der Waals surface area contributed by atoms with Gasteiger partial charge in [0.25, 0.3) is 0 Å². The molecule has 74 heavy (non-hydrogen) atoms. The third-order valence-electron chi connectivity index (χ3n) is 14.3. The van der Waals surface area contributed by atoms with Crippen molar-refractivity contribution in [3.05, 3.63) is 303 Å². The molecule has 1 aromatic heterocycles. The van der Waals surface area contributed by atoms with Crippen molar-refractivity contribution in [3.63, 3.8) is 0 Å². The Labute approximate surface area is 433 Å². The van der Waals surface area contributed by atoms with Crippen LogP contribution in [-0.4, -0.2) is 4.57 Å². The molecule has 0 N–H and O–H groups in total. The van der Waals surface area contributed by atoms with Gasteiger partial charge in [0, 0.05) is 33.5 Å². The maximum Gasteiger partial charge on any atom is 0.0547 e. The average molecular weight is 943 g/mol. The van der Waals surface area contributed by atoms with Crippen LogP contribution in [0.15, 0.2) is 303 Å². The normalized spacial score (nSPS) is 11.2. The average Bonchev–Trinajstić information content (AvgIpc) is 3.84. The number of nitrogens with zero attached hydrogens (tertiary/aromatic N) is 2. The van der Waals surface area contributed by atoms with Crippen molar-refractivity contribution in [1.29, 1.82) is 0 Å². The Hall–Kier alpha value is -9.76. The summed E-state index contributed by atoms with van der Waals surface area (Å²) in [7, 11) is 0. The van der Waals surface area contributed by atoms with Gasteiger partial charge in [-0.05, 0) is 175 Å². The summed E-state index contributed by atoms with van der Waals surface area (Å²) in [6, 6.07) is 110. The van der Waals surface area contributed by atoms with Gasteiger partial charge in [-0.3, -0.25) is 0 Å². The predicted molar refractivity (Wildman–Crippen MR) is 314 cm³/mol. The molecule has 0 amide bonds. The van der Waals surface area contributed by atoms with E-state index in [1.54, 1.807) is 0 Å². The van der Waals surface area contributed by atoms with Crippen LogP contribution < -0.4 is 4.90 Å². The molecule has 0 aliphatic carbocycles. The Kier molecular flexibility index (Phi) is 11.6. The maximum absolute atomic E-state index is 2.40. The highest BCUT2D eigenvalue weighted by atomic mass is 15.1. The highest BCUT2D eigenvalue weighted by molar-refractivity contribution is 6.16. The van der Waals surface area contributed by atoms with E-state index in [0.29, 0.717) is 0 Å². The van der Waals surface area contributed by atoms with E-state index in [9.17, 15) is 0 Å². The van der Waals surface area contributed by atoms with E-state index < -0.39 is 0 Å². The first kappa shape index (κ1) is 44.2. The molecule has 0 spiro atoms. The number of aromatic nitrogens is 1. The summed E-state index contributed by atoms with van der Waals surface area (Å²) >= 11 is 0. The van der Waals surface area contributed by atoms with Crippen LogP contribution in [0.3, 0.4) is 0 Å². The van der Waals surface area contributed by atoms with Gasteiger partial charge >= 0.3 is 0 Å². The first-order valence-corrected chi connectivity index (χ1v) is 25.4. The highest BCUT2D eigenvalue weighted by Gasteiger charge is 2.19. The van der Waals surface area contributed by atoms with Crippen molar-refractivity contribution in [3.8, 4) is 83.6 Å². The van der Waals surface area contributed by atoms with Crippen LogP contribution in [0, 0.1) is 0 Å². The molecule has 1 heterocycles. The number of hydrogen-bond acceptors (Lipinski definition) is 1. The van der Waals surface area contributed by atoms with Gasteiger partial charge in [0.05, 0.1) is 11.0 Å². The number of para-hydroxylation sites is 2. The van der Waals surface area contributed by atoms with Crippen LogP contribution in [0.5, 0.6) is 0 Å². The highest BCUT2D eigenvalue weighted by Crippen LogP contribution is 2.43. The summed E-state index contributed by atoms with van der Waals surface area (Å²) in [5.41, 5.74) is 23.3. The Balaban J connectivity index is 0.943. The van der Waals surface area contributed by atoms with E-state index in [0.717, 1.165) is 39.4 Å². The number of rotatable bonds is 11.